The molecule has 7 heteroatoms. The van der Waals surface area contributed by atoms with Crippen molar-refractivity contribution in [3.8, 4) is 5.75 Å². The average molecular weight is 305 g/mol. The molecule has 1 aromatic rings. The molecule has 0 aliphatic carbocycles. The highest BCUT2D eigenvalue weighted by molar-refractivity contribution is 5.69. The first kappa shape index (κ1) is 17.3. The molecule has 0 spiro atoms. The lowest BCUT2D eigenvalue weighted by atomic mass is 10.2. The highest BCUT2D eigenvalue weighted by atomic mass is 19.4. The molecule has 1 aromatic carbocycles. The second-order valence-corrected chi connectivity index (χ2v) is 4.65. The van der Waals surface area contributed by atoms with Gasteiger partial charge >= 0.3 is 12.1 Å². The van der Waals surface area contributed by atoms with Crippen molar-refractivity contribution >= 4 is 5.97 Å². The van der Waals surface area contributed by atoms with Gasteiger partial charge in [-0.1, -0.05) is 19.1 Å². The van der Waals surface area contributed by atoms with E-state index in [0.717, 1.165) is 11.3 Å². The van der Waals surface area contributed by atoms with Gasteiger partial charge in [-0.05, 0) is 24.1 Å². The Morgan fingerprint density at radius 2 is 1.90 bits per heavy atom. The van der Waals surface area contributed by atoms with E-state index in [0.29, 0.717) is 17.9 Å². The molecule has 0 aromatic heterocycles. The Kier molecular flexibility index (Phi) is 6.48. The molecule has 0 aliphatic rings. The molecule has 0 bridgehead atoms. The van der Waals surface area contributed by atoms with E-state index >= 15 is 0 Å². The van der Waals surface area contributed by atoms with E-state index in [-0.39, 0.29) is 6.54 Å². The Bertz CT molecular complexity index is 446. The second-order valence-electron chi connectivity index (χ2n) is 4.65. The Morgan fingerprint density at radius 3 is 2.38 bits per heavy atom. The summed E-state index contributed by atoms with van der Waals surface area (Å²) in [5, 5.41) is 8.67. The van der Waals surface area contributed by atoms with E-state index in [4.69, 9.17) is 9.84 Å². The van der Waals surface area contributed by atoms with Crippen LogP contribution in [0.2, 0.25) is 0 Å². The first-order chi connectivity index (χ1) is 9.80. The minimum absolute atomic E-state index is 0.0835. The lowest BCUT2D eigenvalue weighted by Gasteiger charge is -2.21. The number of carbonyl (C=O) groups is 1. The molecule has 21 heavy (non-hydrogen) atoms. The molecular formula is C14H18F3NO3. The summed E-state index contributed by atoms with van der Waals surface area (Å²) >= 11 is 0. The number of carboxylic acids is 1. The van der Waals surface area contributed by atoms with Crippen molar-refractivity contribution in [2.24, 2.45) is 0 Å². The number of halogens is 3. The van der Waals surface area contributed by atoms with Gasteiger partial charge in [-0.25, -0.2) is 0 Å². The van der Waals surface area contributed by atoms with Gasteiger partial charge in [-0.2, -0.15) is 13.2 Å². The fourth-order valence-electron chi connectivity index (χ4n) is 1.78. The summed E-state index contributed by atoms with van der Waals surface area (Å²) in [5.74, 6) is -0.650. The van der Waals surface area contributed by atoms with Crippen LogP contribution in [0.5, 0.6) is 5.75 Å². The highest BCUT2D eigenvalue weighted by Gasteiger charge is 2.31. The fourth-order valence-corrected chi connectivity index (χ4v) is 1.78. The Balaban J connectivity index is 2.67. The number of hydrogen-bond donors (Lipinski definition) is 1. The molecular weight excluding hydrogens is 287 g/mol. The van der Waals surface area contributed by atoms with Gasteiger partial charge < -0.3 is 9.84 Å². The van der Waals surface area contributed by atoms with E-state index in [2.05, 4.69) is 0 Å². The maximum atomic E-state index is 12.4. The number of benzene rings is 1. The molecule has 0 radical (unpaired) electrons. The summed E-state index contributed by atoms with van der Waals surface area (Å²) in [6.45, 7) is 0.536. The van der Waals surface area contributed by atoms with E-state index < -0.39 is 25.2 Å². The third kappa shape index (κ3) is 7.55. The van der Waals surface area contributed by atoms with Crippen LogP contribution in [0, 0.1) is 0 Å². The SMILES string of the molecule is CCCOc1ccc(CN(CC(=O)O)CC(F)(F)F)cc1. The zero-order valence-corrected chi connectivity index (χ0v) is 11.7. The molecule has 0 aliphatic heterocycles. The molecule has 4 nitrogen and oxygen atoms in total. The number of hydrogen-bond acceptors (Lipinski definition) is 3. The smallest absolute Gasteiger partial charge is 0.401 e. The van der Waals surface area contributed by atoms with Crippen molar-refractivity contribution in [2.75, 3.05) is 19.7 Å². The Labute approximate surface area is 121 Å². The van der Waals surface area contributed by atoms with Crippen LogP contribution in [0.4, 0.5) is 13.2 Å². The van der Waals surface area contributed by atoms with Crippen LogP contribution in [0.15, 0.2) is 24.3 Å². The Morgan fingerprint density at radius 1 is 1.29 bits per heavy atom. The van der Waals surface area contributed by atoms with Crippen LogP contribution in [0.25, 0.3) is 0 Å². The van der Waals surface area contributed by atoms with E-state index in [1.54, 1.807) is 24.3 Å². The molecule has 0 atom stereocenters. The quantitative estimate of drug-likeness (QED) is 0.802. The van der Waals surface area contributed by atoms with Crippen LogP contribution in [0.1, 0.15) is 18.9 Å². The van der Waals surface area contributed by atoms with Gasteiger partial charge in [0.15, 0.2) is 0 Å². The van der Waals surface area contributed by atoms with Gasteiger partial charge in [0.25, 0.3) is 0 Å². The minimum atomic E-state index is -4.43. The molecule has 0 heterocycles. The number of rotatable bonds is 8. The number of alkyl halides is 3. The average Bonchev–Trinajstić information content (AvgIpc) is 2.35. The summed E-state index contributed by atoms with van der Waals surface area (Å²) in [4.78, 5) is 11.5. The molecule has 1 N–H and O–H groups in total. The lowest BCUT2D eigenvalue weighted by Crippen LogP contribution is -2.37. The van der Waals surface area contributed by atoms with Crippen molar-refractivity contribution in [3.05, 3.63) is 29.8 Å². The molecule has 0 saturated carbocycles. The molecule has 1 rings (SSSR count). The topological polar surface area (TPSA) is 49.8 Å². The van der Waals surface area contributed by atoms with Crippen LogP contribution in [-0.4, -0.2) is 41.8 Å². The van der Waals surface area contributed by atoms with E-state index in [9.17, 15) is 18.0 Å². The molecule has 0 amide bonds. The summed E-state index contributed by atoms with van der Waals surface area (Å²) < 4.78 is 42.6. The van der Waals surface area contributed by atoms with Crippen LogP contribution in [0.3, 0.4) is 0 Å². The summed E-state index contributed by atoms with van der Waals surface area (Å²) in [5.41, 5.74) is 0.601. The normalized spacial score (nSPS) is 11.7. The summed E-state index contributed by atoms with van der Waals surface area (Å²) in [6.07, 6.45) is -3.57. The molecule has 118 valence electrons. The van der Waals surface area contributed by atoms with Crippen molar-refractivity contribution < 1.29 is 27.8 Å². The number of nitrogens with zero attached hydrogens (tertiary/aromatic N) is 1. The zero-order chi connectivity index (χ0) is 15.9. The zero-order valence-electron chi connectivity index (χ0n) is 11.7. The first-order valence-corrected chi connectivity index (χ1v) is 6.53. The fraction of sp³-hybridized carbons (Fsp3) is 0.500. The highest BCUT2D eigenvalue weighted by Crippen LogP contribution is 2.19. The van der Waals surface area contributed by atoms with Crippen LogP contribution < -0.4 is 4.74 Å². The van der Waals surface area contributed by atoms with Crippen molar-refractivity contribution in [1.29, 1.82) is 0 Å². The predicted molar refractivity (Wildman–Crippen MR) is 71.2 cm³/mol. The minimum Gasteiger partial charge on any atom is -0.494 e. The number of carboxylic acid groups (broad SMARTS) is 1. The van der Waals surface area contributed by atoms with Gasteiger partial charge in [-0.15, -0.1) is 0 Å². The second kappa shape index (κ2) is 7.87. The first-order valence-electron chi connectivity index (χ1n) is 6.53. The Hall–Kier alpha value is -1.76. The van der Waals surface area contributed by atoms with E-state index in [1.165, 1.54) is 0 Å². The predicted octanol–water partition coefficient (Wildman–Crippen LogP) is 2.92. The van der Waals surface area contributed by atoms with Gasteiger partial charge in [0.2, 0.25) is 0 Å². The van der Waals surface area contributed by atoms with Crippen molar-refractivity contribution in [2.45, 2.75) is 26.1 Å². The van der Waals surface area contributed by atoms with Gasteiger partial charge in [0, 0.05) is 6.54 Å². The lowest BCUT2D eigenvalue weighted by molar-refractivity contribution is -0.154. The third-order valence-corrected chi connectivity index (χ3v) is 2.56. The maximum absolute atomic E-state index is 12.4. The molecule has 0 unspecified atom stereocenters. The van der Waals surface area contributed by atoms with Gasteiger partial charge in [0.05, 0.1) is 19.7 Å². The summed E-state index contributed by atoms with van der Waals surface area (Å²) in [6, 6.07) is 6.60. The number of aliphatic carboxylic acids is 1. The standard InChI is InChI=1S/C14H18F3NO3/c1-2-7-21-12-5-3-11(4-6-12)8-18(9-13(19)20)10-14(15,16)17/h3-6H,2,7-10H2,1H3,(H,19,20). The van der Waals surface area contributed by atoms with Crippen molar-refractivity contribution in [1.82, 2.24) is 4.90 Å². The van der Waals surface area contributed by atoms with Gasteiger partial charge in [0.1, 0.15) is 5.75 Å². The monoisotopic (exact) mass is 305 g/mol. The maximum Gasteiger partial charge on any atom is 0.401 e. The largest absolute Gasteiger partial charge is 0.494 e. The van der Waals surface area contributed by atoms with Gasteiger partial charge in [-0.3, -0.25) is 9.69 Å². The summed E-state index contributed by atoms with van der Waals surface area (Å²) in [7, 11) is 0. The van der Waals surface area contributed by atoms with Crippen LogP contribution in [-0.2, 0) is 11.3 Å². The number of ether oxygens (including phenoxy) is 1. The molecule has 0 saturated heterocycles. The third-order valence-electron chi connectivity index (χ3n) is 2.56. The molecule has 0 fully saturated rings. The van der Waals surface area contributed by atoms with Crippen molar-refractivity contribution in [3.63, 3.8) is 0 Å². The van der Waals surface area contributed by atoms with E-state index in [1.807, 2.05) is 6.92 Å². The van der Waals surface area contributed by atoms with Crippen LogP contribution >= 0.6 is 0 Å².